The van der Waals surface area contributed by atoms with E-state index in [1.165, 1.54) is 11.0 Å². The van der Waals surface area contributed by atoms with E-state index in [9.17, 15) is 9.18 Å². The Morgan fingerprint density at radius 1 is 1.18 bits per heavy atom. The fourth-order valence-corrected chi connectivity index (χ4v) is 4.34. The minimum atomic E-state index is -0.481. The molecule has 2 aliphatic rings. The van der Waals surface area contributed by atoms with E-state index in [0.717, 1.165) is 28.0 Å². The van der Waals surface area contributed by atoms with E-state index in [-0.39, 0.29) is 11.9 Å². The molecular weight excluding hydrogens is 439 g/mol. The number of amides is 1. The third-order valence-electron chi connectivity index (χ3n) is 6.20. The van der Waals surface area contributed by atoms with Crippen LogP contribution in [0, 0.1) is 12.7 Å². The van der Waals surface area contributed by atoms with E-state index < -0.39 is 6.09 Å². The van der Waals surface area contributed by atoms with Gasteiger partial charge in [0.1, 0.15) is 17.7 Å². The molecule has 0 saturated carbocycles. The van der Waals surface area contributed by atoms with Gasteiger partial charge in [0.15, 0.2) is 0 Å². The molecule has 1 atom stereocenters. The summed E-state index contributed by atoms with van der Waals surface area (Å²) >= 11 is 0. The summed E-state index contributed by atoms with van der Waals surface area (Å²) < 4.78 is 31.0. The number of fused-ring (bicyclic) bond motifs is 1. The quantitative estimate of drug-likeness (QED) is 0.589. The SMILES string of the molecule is COc1ccc2cc(NC[C@H]3CN(c4ccc(N5CCOCC5)c(F)c4)C(=O)O3)c(C)nc2c1. The fourth-order valence-electron chi connectivity index (χ4n) is 4.34. The second-order valence-corrected chi connectivity index (χ2v) is 8.41. The first-order valence-electron chi connectivity index (χ1n) is 11.3. The number of hydrogen-bond donors (Lipinski definition) is 1. The van der Waals surface area contributed by atoms with Crippen molar-refractivity contribution in [1.82, 2.24) is 4.98 Å². The predicted molar refractivity (Wildman–Crippen MR) is 129 cm³/mol. The number of ether oxygens (including phenoxy) is 3. The lowest BCUT2D eigenvalue weighted by Gasteiger charge is -2.29. The van der Waals surface area contributed by atoms with Crippen molar-refractivity contribution < 1.29 is 23.4 Å². The van der Waals surface area contributed by atoms with E-state index in [1.807, 2.05) is 36.1 Å². The van der Waals surface area contributed by atoms with E-state index in [0.29, 0.717) is 50.8 Å². The molecule has 0 bridgehead atoms. The van der Waals surface area contributed by atoms with Gasteiger partial charge in [0.25, 0.3) is 0 Å². The molecule has 1 aromatic heterocycles. The predicted octanol–water partition coefficient (Wildman–Crippen LogP) is 3.96. The number of anilines is 3. The van der Waals surface area contributed by atoms with Gasteiger partial charge in [-0.15, -0.1) is 0 Å². The second-order valence-electron chi connectivity index (χ2n) is 8.41. The molecule has 0 spiro atoms. The molecule has 1 amide bonds. The van der Waals surface area contributed by atoms with Crippen molar-refractivity contribution in [1.29, 1.82) is 0 Å². The number of hydrogen-bond acceptors (Lipinski definition) is 7. The van der Waals surface area contributed by atoms with Crippen molar-refractivity contribution in [2.24, 2.45) is 0 Å². The lowest BCUT2D eigenvalue weighted by Crippen LogP contribution is -2.36. The Morgan fingerprint density at radius 3 is 2.76 bits per heavy atom. The topological polar surface area (TPSA) is 76.2 Å². The molecule has 5 rings (SSSR count). The van der Waals surface area contributed by atoms with Crippen LogP contribution in [0.4, 0.5) is 26.2 Å². The molecule has 178 valence electrons. The highest BCUT2D eigenvalue weighted by molar-refractivity contribution is 5.90. The van der Waals surface area contributed by atoms with Crippen LogP contribution in [-0.4, -0.2) is 63.7 Å². The van der Waals surface area contributed by atoms with Crippen molar-refractivity contribution in [3.63, 3.8) is 0 Å². The van der Waals surface area contributed by atoms with Crippen LogP contribution in [0.15, 0.2) is 42.5 Å². The summed E-state index contributed by atoms with van der Waals surface area (Å²) in [5, 5.41) is 4.32. The zero-order valence-electron chi connectivity index (χ0n) is 19.2. The lowest BCUT2D eigenvalue weighted by atomic mass is 10.1. The molecule has 9 heteroatoms. The van der Waals surface area contributed by atoms with Gasteiger partial charge in [0.2, 0.25) is 0 Å². The molecule has 3 aromatic rings. The van der Waals surface area contributed by atoms with E-state index in [2.05, 4.69) is 10.3 Å². The van der Waals surface area contributed by atoms with Crippen molar-refractivity contribution >= 4 is 34.1 Å². The number of rotatable bonds is 6. The van der Waals surface area contributed by atoms with Crippen molar-refractivity contribution in [3.8, 4) is 5.75 Å². The summed E-state index contributed by atoms with van der Waals surface area (Å²) in [6, 6.07) is 12.6. The molecule has 34 heavy (non-hydrogen) atoms. The Balaban J connectivity index is 1.25. The Morgan fingerprint density at radius 2 is 2.00 bits per heavy atom. The summed E-state index contributed by atoms with van der Waals surface area (Å²) in [5.74, 6) is 0.399. The average Bonchev–Trinajstić information content (AvgIpc) is 3.23. The van der Waals surface area contributed by atoms with Crippen molar-refractivity contribution in [3.05, 3.63) is 54.0 Å². The number of aryl methyl sites for hydroxylation is 1. The maximum Gasteiger partial charge on any atom is 0.414 e. The number of morpholine rings is 1. The minimum absolute atomic E-state index is 0.333. The number of aromatic nitrogens is 1. The zero-order chi connectivity index (χ0) is 23.7. The summed E-state index contributed by atoms with van der Waals surface area (Å²) in [6.07, 6.45) is -0.855. The number of carbonyl (C=O) groups excluding carboxylic acids is 1. The maximum atomic E-state index is 14.8. The molecule has 0 radical (unpaired) electrons. The summed E-state index contributed by atoms with van der Waals surface area (Å²) in [7, 11) is 1.63. The van der Waals surface area contributed by atoms with E-state index in [1.54, 1.807) is 19.2 Å². The van der Waals surface area contributed by atoms with E-state index in [4.69, 9.17) is 14.2 Å². The Hall–Kier alpha value is -3.59. The maximum absolute atomic E-state index is 14.8. The smallest absolute Gasteiger partial charge is 0.414 e. The summed E-state index contributed by atoms with van der Waals surface area (Å²) in [4.78, 5) is 20.6. The largest absolute Gasteiger partial charge is 0.497 e. The Labute approximate surface area is 197 Å². The third-order valence-corrected chi connectivity index (χ3v) is 6.20. The van der Waals surface area contributed by atoms with Crippen LogP contribution in [0.3, 0.4) is 0 Å². The van der Waals surface area contributed by atoms with Gasteiger partial charge in [-0.05, 0) is 43.3 Å². The average molecular weight is 467 g/mol. The number of nitrogens with one attached hydrogen (secondary N) is 1. The summed E-state index contributed by atoms with van der Waals surface area (Å²) in [5.41, 5.74) is 3.56. The molecule has 0 unspecified atom stereocenters. The highest BCUT2D eigenvalue weighted by Crippen LogP contribution is 2.29. The number of carbonyl (C=O) groups is 1. The first-order chi connectivity index (χ1) is 16.5. The molecule has 2 saturated heterocycles. The number of halogens is 1. The van der Waals surface area contributed by atoms with Gasteiger partial charge < -0.3 is 24.4 Å². The van der Waals surface area contributed by atoms with Crippen LogP contribution in [0.2, 0.25) is 0 Å². The highest BCUT2D eigenvalue weighted by atomic mass is 19.1. The Kier molecular flexibility index (Phi) is 6.10. The minimum Gasteiger partial charge on any atom is -0.497 e. The first-order valence-corrected chi connectivity index (χ1v) is 11.3. The number of nitrogens with zero attached hydrogens (tertiary/aromatic N) is 3. The van der Waals surface area contributed by atoms with Gasteiger partial charge in [0, 0.05) is 24.5 Å². The van der Waals surface area contributed by atoms with Crippen molar-refractivity contribution in [2.75, 3.05) is 61.6 Å². The van der Waals surface area contributed by atoms with E-state index >= 15 is 0 Å². The highest BCUT2D eigenvalue weighted by Gasteiger charge is 2.33. The molecule has 1 N–H and O–H groups in total. The van der Waals surface area contributed by atoms with Gasteiger partial charge in [-0.3, -0.25) is 9.88 Å². The molecule has 8 nitrogen and oxygen atoms in total. The van der Waals surface area contributed by atoms with Crippen LogP contribution in [-0.2, 0) is 9.47 Å². The van der Waals surface area contributed by atoms with Gasteiger partial charge in [-0.1, -0.05) is 0 Å². The van der Waals surface area contributed by atoms with Crippen LogP contribution in [0.25, 0.3) is 10.9 Å². The van der Waals surface area contributed by atoms with Crippen molar-refractivity contribution in [2.45, 2.75) is 13.0 Å². The fraction of sp³-hybridized carbons (Fsp3) is 0.360. The monoisotopic (exact) mass is 466 g/mol. The number of methoxy groups -OCH3 is 1. The Bertz CT molecular complexity index is 1210. The molecule has 2 fully saturated rings. The van der Waals surface area contributed by atoms with Crippen LogP contribution >= 0.6 is 0 Å². The number of benzene rings is 2. The molecule has 2 aromatic carbocycles. The van der Waals surface area contributed by atoms with Gasteiger partial charge in [-0.2, -0.15) is 0 Å². The summed E-state index contributed by atoms with van der Waals surface area (Å²) in [6.45, 7) is 5.12. The van der Waals surface area contributed by atoms with Gasteiger partial charge in [-0.25, -0.2) is 9.18 Å². The molecule has 0 aliphatic carbocycles. The van der Waals surface area contributed by atoms with Gasteiger partial charge in [0.05, 0.1) is 61.7 Å². The zero-order valence-corrected chi connectivity index (χ0v) is 19.2. The standard InChI is InChI=1S/C25H27FN4O4/c1-16-22(11-17-3-5-19(32-2)13-23(17)28-16)27-14-20-15-30(25(31)34-20)18-4-6-24(21(26)12-18)29-7-9-33-10-8-29/h3-6,11-13,20,27H,7-10,14-15H2,1-2H3/t20-/m0/s1. The normalized spacial score (nSPS) is 18.3. The third kappa shape index (κ3) is 4.43. The van der Waals surface area contributed by atoms with Crippen LogP contribution in [0.5, 0.6) is 5.75 Å². The van der Waals surface area contributed by atoms with Crippen LogP contribution in [0.1, 0.15) is 5.69 Å². The second kappa shape index (κ2) is 9.34. The molecule has 2 aliphatic heterocycles. The van der Waals surface area contributed by atoms with Crippen LogP contribution < -0.4 is 19.9 Å². The van der Waals surface area contributed by atoms with Gasteiger partial charge >= 0.3 is 6.09 Å². The first kappa shape index (κ1) is 22.2. The number of pyridine rings is 1. The molecular formula is C25H27FN4O4. The molecule has 3 heterocycles. The number of cyclic esters (lactones) is 1. The lowest BCUT2D eigenvalue weighted by molar-refractivity contribution is 0.122.